The van der Waals surface area contributed by atoms with Crippen LogP contribution in [0, 0.1) is 0 Å². The molecule has 3 aromatic rings. The van der Waals surface area contributed by atoms with Crippen molar-refractivity contribution >= 4 is 33.6 Å². The molecule has 0 aliphatic rings. The lowest BCUT2D eigenvalue weighted by Crippen LogP contribution is -2.02. The molecule has 0 radical (unpaired) electrons. The van der Waals surface area contributed by atoms with Gasteiger partial charge >= 0.3 is 5.63 Å². The summed E-state index contributed by atoms with van der Waals surface area (Å²) in [7, 11) is 0. The summed E-state index contributed by atoms with van der Waals surface area (Å²) in [5.74, 6) is 0. The van der Waals surface area contributed by atoms with Crippen LogP contribution >= 0.6 is 11.8 Å². The maximum Gasteiger partial charge on any atom is 0.347 e. The van der Waals surface area contributed by atoms with E-state index >= 15 is 0 Å². The van der Waals surface area contributed by atoms with Gasteiger partial charge < -0.3 is 4.42 Å². The van der Waals surface area contributed by atoms with Gasteiger partial charge in [0.05, 0.1) is 5.52 Å². The van der Waals surface area contributed by atoms with E-state index in [4.69, 9.17) is 4.42 Å². The van der Waals surface area contributed by atoms with Crippen LogP contribution in [0.15, 0.2) is 44.8 Å². The van der Waals surface area contributed by atoms with Gasteiger partial charge in [0.15, 0.2) is 5.16 Å². The Bertz CT molecular complexity index is 767. The van der Waals surface area contributed by atoms with E-state index < -0.39 is 5.63 Å². The van der Waals surface area contributed by atoms with E-state index in [1.165, 1.54) is 18.0 Å². The second kappa shape index (κ2) is 3.85. The minimum Gasteiger partial charge on any atom is -0.422 e. The van der Waals surface area contributed by atoms with Gasteiger partial charge in [-0.25, -0.2) is 14.8 Å². The van der Waals surface area contributed by atoms with Gasteiger partial charge in [-0.15, -0.1) is 0 Å². The Hall–Kier alpha value is -1.88. The SMILES string of the molecule is CSc1ncc2c(=O)oc3ccccc3c2n1. The number of benzene rings is 1. The Morgan fingerprint density at radius 3 is 2.88 bits per heavy atom. The highest BCUT2D eigenvalue weighted by Gasteiger charge is 2.09. The lowest BCUT2D eigenvalue weighted by atomic mass is 10.2. The van der Waals surface area contributed by atoms with Crippen LogP contribution in [0.25, 0.3) is 21.9 Å². The zero-order valence-electron chi connectivity index (χ0n) is 9.01. The number of para-hydroxylation sites is 1. The van der Waals surface area contributed by atoms with Gasteiger partial charge in [-0.05, 0) is 18.4 Å². The largest absolute Gasteiger partial charge is 0.422 e. The van der Waals surface area contributed by atoms with Crippen molar-refractivity contribution in [1.82, 2.24) is 9.97 Å². The average Bonchev–Trinajstić information content (AvgIpc) is 2.38. The fourth-order valence-corrected chi connectivity index (χ4v) is 2.07. The molecule has 2 aromatic heterocycles. The number of aromatic nitrogens is 2. The molecule has 1 aromatic carbocycles. The summed E-state index contributed by atoms with van der Waals surface area (Å²) in [6.45, 7) is 0. The van der Waals surface area contributed by atoms with Gasteiger partial charge in [-0.1, -0.05) is 23.9 Å². The Morgan fingerprint density at radius 1 is 1.24 bits per heavy atom. The van der Waals surface area contributed by atoms with Crippen molar-refractivity contribution < 1.29 is 4.42 Å². The van der Waals surface area contributed by atoms with Gasteiger partial charge in [0.2, 0.25) is 0 Å². The topological polar surface area (TPSA) is 56.0 Å². The molecule has 0 aliphatic heterocycles. The number of fused-ring (bicyclic) bond motifs is 3. The molecule has 0 amide bonds. The molecule has 0 atom stereocenters. The number of hydrogen-bond acceptors (Lipinski definition) is 5. The Kier molecular flexibility index (Phi) is 2.33. The third-order valence-electron chi connectivity index (χ3n) is 2.51. The van der Waals surface area contributed by atoms with Crippen LogP contribution in [-0.2, 0) is 0 Å². The first-order valence-corrected chi connectivity index (χ1v) is 6.24. The molecule has 5 heteroatoms. The lowest BCUT2D eigenvalue weighted by molar-refractivity contribution is 0.569. The summed E-state index contributed by atoms with van der Waals surface area (Å²) in [6.07, 6.45) is 3.42. The van der Waals surface area contributed by atoms with Crippen molar-refractivity contribution in [1.29, 1.82) is 0 Å². The molecule has 0 unspecified atom stereocenters. The van der Waals surface area contributed by atoms with Gasteiger partial charge in [-0.2, -0.15) is 0 Å². The molecular weight excluding hydrogens is 236 g/mol. The van der Waals surface area contributed by atoms with Crippen molar-refractivity contribution in [2.75, 3.05) is 6.26 Å². The second-order valence-electron chi connectivity index (χ2n) is 3.50. The van der Waals surface area contributed by atoms with Crippen LogP contribution in [-0.4, -0.2) is 16.2 Å². The van der Waals surface area contributed by atoms with Crippen LogP contribution in [0.2, 0.25) is 0 Å². The summed E-state index contributed by atoms with van der Waals surface area (Å²) in [5, 5.41) is 1.90. The first kappa shape index (κ1) is 10.3. The van der Waals surface area contributed by atoms with E-state index in [-0.39, 0.29) is 0 Å². The second-order valence-corrected chi connectivity index (χ2v) is 4.28. The Morgan fingerprint density at radius 2 is 2.06 bits per heavy atom. The molecule has 84 valence electrons. The van der Waals surface area contributed by atoms with E-state index in [0.29, 0.717) is 21.6 Å². The fourth-order valence-electron chi connectivity index (χ4n) is 1.72. The molecular formula is C12H8N2O2S. The van der Waals surface area contributed by atoms with Gasteiger partial charge in [0.1, 0.15) is 11.0 Å². The van der Waals surface area contributed by atoms with Crippen LogP contribution in [0.5, 0.6) is 0 Å². The molecule has 0 saturated heterocycles. The number of thioether (sulfide) groups is 1. The number of hydrogen-bond donors (Lipinski definition) is 0. The smallest absolute Gasteiger partial charge is 0.347 e. The van der Waals surface area contributed by atoms with Crippen LogP contribution in [0.3, 0.4) is 0 Å². The van der Waals surface area contributed by atoms with Gasteiger partial charge in [0, 0.05) is 11.6 Å². The summed E-state index contributed by atoms with van der Waals surface area (Å²) in [4.78, 5) is 20.2. The van der Waals surface area contributed by atoms with Crippen LogP contribution in [0.4, 0.5) is 0 Å². The predicted octanol–water partition coefficient (Wildman–Crippen LogP) is 2.46. The highest BCUT2D eigenvalue weighted by atomic mass is 32.2. The molecule has 0 fully saturated rings. The quantitative estimate of drug-likeness (QED) is 0.285. The van der Waals surface area contributed by atoms with Crippen LogP contribution in [0.1, 0.15) is 0 Å². The molecule has 0 saturated carbocycles. The minimum atomic E-state index is -0.397. The third kappa shape index (κ3) is 1.59. The summed E-state index contributed by atoms with van der Waals surface area (Å²) in [6, 6.07) is 7.37. The first-order chi connectivity index (χ1) is 8.29. The van der Waals surface area contributed by atoms with E-state index in [0.717, 1.165) is 5.39 Å². The zero-order valence-corrected chi connectivity index (χ0v) is 9.82. The van der Waals surface area contributed by atoms with Crippen molar-refractivity contribution in [3.05, 3.63) is 40.9 Å². The summed E-state index contributed by atoms with van der Waals surface area (Å²) < 4.78 is 5.21. The minimum absolute atomic E-state index is 0.397. The third-order valence-corrected chi connectivity index (χ3v) is 3.08. The molecule has 0 bridgehead atoms. The van der Waals surface area contributed by atoms with E-state index in [2.05, 4.69) is 9.97 Å². The van der Waals surface area contributed by atoms with Crippen molar-refractivity contribution in [2.24, 2.45) is 0 Å². The van der Waals surface area contributed by atoms with Crippen LogP contribution < -0.4 is 5.63 Å². The molecule has 3 rings (SSSR count). The monoisotopic (exact) mass is 244 g/mol. The Labute approximate surface area is 101 Å². The average molecular weight is 244 g/mol. The first-order valence-electron chi connectivity index (χ1n) is 5.02. The van der Waals surface area contributed by atoms with E-state index in [1.54, 1.807) is 6.07 Å². The maximum absolute atomic E-state index is 11.7. The highest BCUT2D eigenvalue weighted by Crippen LogP contribution is 2.21. The van der Waals surface area contributed by atoms with E-state index in [9.17, 15) is 4.79 Å². The summed E-state index contributed by atoms with van der Waals surface area (Å²) >= 11 is 1.44. The molecule has 4 nitrogen and oxygen atoms in total. The van der Waals surface area contributed by atoms with Crippen molar-refractivity contribution in [3.8, 4) is 0 Å². The summed E-state index contributed by atoms with van der Waals surface area (Å²) in [5.41, 5.74) is 0.804. The predicted molar refractivity (Wildman–Crippen MR) is 67.4 cm³/mol. The standard InChI is InChI=1S/C12H8N2O2S/c1-17-12-13-6-8-10(14-12)7-4-2-3-5-9(7)16-11(8)15/h2-6H,1H3. The zero-order chi connectivity index (χ0) is 11.8. The van der Waals surface area contributed by atoms with Gasteiger partial charge in [0.25, 0.3) is 0 Å². The van der Waals surface area contributed by atoms with Gasteiger partial charge in [-0.3, -0.25) is 0 Å². The molecule has 0 spiro atoms. The number of rotatable bonds is 1. The maximum atomic E-state index is 11.7. The highest BCUT2D eigenvalue weighted by molar-refractivity contribution is 7.98. The van der Waals surface area contributed by atoms with Crippen molar-refractivity contribution in [2.45, 2.75) is 5.16 Å². The normalized spacial score (nSPS) is 11.1. The van der Waals surface area contributed by atoms with Crippen molar-refractivity contribution in [3.63, 3.8) is 0 Å². The fraction of sp³-hybridized carbons (Fsp3) is 0.0833. The molecule has 0 N–H and O–H groups in total. The molecule has 0 aliphatic carbocycles. The van der Waals surface area contributed by atoms with E-state index in [1.807, 2.05) is 24.5 Å². The molecule has 2 heterocycles. The molecule has 17 heavy (non-hydrogen) atoms. The number of nitrogens with zero attached hydrogens (tertiary/aromatic N) is 2. The Balaban J connectivity index is 2.57. The lowest BCUT2D eigenvalue weighted by Gasteiger charge is -2.02.